The molecule has 0 unspecified atom stereocenters. The van der Waals surface area contributed by atoms with E-state index in [1.165, 1.54) is 33.5 Å². The van der Waals surface area contributed by atoms with Gasteiger partial charge in [0.25, 0.3) is 0 Å². The number of hydrogen-bond acceptors (Lipinski definition) is 2. The summed E-state index contributed by atoms with van der Waals surface area (Å²) in [5, 5.41) is 2.27. The van der Waals surface area contributed by atoms with Crippen LogP contribution in [0.3, 0.4) is 0 Å². The molecule has 0 N–H and O–H groups in total. The van der Waals surface area contributed by atoms with Gasteiger partial charge in [-0.2, -0.15) is 0 Å². The first-order valence-corrected chi connectivity index (χ1v) is 18.0. The number of fused-ring (bicyclic) bond motifs is 3. The standard InChI is InChI=1S/C43H34N4O.Pt/c1-29(2)33-22-23-44-43(24-33)47-40-9-4-3-8-38(40)39-21-20-37(26-41(39)47)48-36-7-5-6-35(25-36)45-27-42-32-16-14-30-10-12-31(13-11-30)15-18-34(19-17-32)46(42)28-45;/h3-13,17,19-24,27,29H,14-16,18H2,1-2H3;/q-2;. The number of benzene rings is 4. The molecule has 8 aromatic rings. The molecular formula is C43H34N4OPt-2. The van der Waals surface area contributed by atoms with Gasteiger partial charge >= 0.3 is 248 Å². The zero-order chi connectivity index (χ0) is 33.1. The van der Waals surface area contributed by atoms with Crippen molar-refractivity contribution in [3.8, 4) is 23.0 Å². The summed E-state index contributed by atoms with van der Waals surface area (Å²) < 4.78 is 14.5. The molecule has 4 aromatic carbocycles. The molecule has 4 bridgehead atoms. The number of nitrogens with zero attached hydrogens (tertiary/aromatic N) is 4. The summed E-state index contributed by atoms with van der Waals surface area (Å²) in [6.07, 6.45) is 8.15. The van der Waals surface area contributed by atoms with Gasteiger partial charge < -0.3 is 0 Å². The molecule has 0 spiro atoms. The fourth-order valence-corrected chi connectivity index (χ4v) is 8.13. The van der Waals surface area contributed by atoms with Crippen molar-refractivity contribution in [2.24, 2.45) is 0 Å². The van der Waals surface area contributed by atoms with E-state index in [1.54, 1.807) is 0 Å². The van der Waals surface area contributed by atoms with E-state index in [0.29, 0.717) is 17.4 Å². The molecular weight excluding hydrogens is 784 g/mol. The van der Waals surface area contributed by atoms with E-state index in [9.17, 15) is 0 Å². The molecule has 5 nitrogen and oxygen atoms in total. The summed E-state index contributed by atoms with van der Waals surface area (Å²) in [5.41, 5.74) is 10.9. The average molecular weight is 818 g/mol. The second kappa shape index (κ2) is 12.2. The Morgan fingerprint density at radius 1 is 0.735 bits per heavy atom. The van der Waals surface area contributed by atoms with Gasteiger partial charge in [-0.25, -0.2) is 0 Å². The molecule has 0 radical (unpaired) electrons. The van der Waals surface area contributed by atoms with Gasteiger partial charge in [0, 0.05) is 6.20 Å². The van der Waals surface area contributed by atoms with Gasteiger partial charge in [0.15, 0.2) is 0 Å². The summed E-state index contributed by atoms with van der Waals surface area (Å²) in [4.78, 5) is 4.79. The fraction of sp³-hybridized carbons (Fsp3) is 0.163. The maximum atomic E-state index is 6.52. The Balaban J connectivity index is 1.10. The van der Waals surface area contributed by atoms with Crippen LogP contribution in [-0.4, -0.2) is 18.5 Å². The Labute approximate surface area is 296 Å². The van der Waals surface area contributed by atoms with E-state index in [2.05, 4.69) is 150 Å². The van der Waals surface area contributed by atoms with Crippen molar-refractivity contribution in [3.05, 3.63) is 159 Å². The van der Waals surface area contributed by atoms with Crippen LogP contribution >= 0.6 is 0 Å². The van der Waals surface area contributed by atoms with Crippen LogP contribution in [0.15, 0.2) is 116 Å². The van der Waals surface area contributed by atoms with Gasteiger partial charge in [0.05, 0.1) is 0 Å². The molecule has 4 aliphatic rings. The van der Waals surface area contributed by atoms with E-state index in [-0.39, 0.29) is 0 Å². The first-order valence-electron chi connectivity index (χ1n) is 16.9. The van der Waals surface area contributed by atoms with E-state index >= 15 is 0 Å². The summed E-state index contributed by atoms with van der Waals surface area (Å²) in [6.45, 7) is 4.42. The minimum absolute atomic E-state index is 0.399. The predicted molar refractivity (Wildman–Crippen MR) is 192 cm³/mol. The molecule has 2 aliphatic carbocycles. The number of ether oxygens (including phenoxy) is 1. The summed E-state index contributed by atoms with van der Waals surface area (Å²) in [6, 6.07) is 43.9. The van der Waals surface area contributed by atoms with Crippen molar-refractivity contribution in [2.45, 2.75) is 45.4 Å². The molecule has 2 aliphatic heterocycles. The normalized spacial score (nSPS) is 13.1. The Morgan fingerprint density at radius 2 is 1.53 bits per heavy atom. The Morgan fingerprint density at radius 3 is 2.37 bits per heavy atom. The molecule has 6 heterocycles. The molecule has 244 valence electrons. The molecule has 0 atom stereocenters. The van der Waals surface area contributed by atoms with Crippen LogP contribution in [0.5, 0.6) is 11.5 Å². The van der Waals surface area contributed by atoms with Crippen LogP contribution in [0.1, 0.15) is 47.7 Å². The van der Waals surface area contributed by atoms with Gasteiger partial charge in [-0.3, -0.25) is 0 Å². The van der Waals surface area contributed by atoms with Crippen LogP contribution in [0.4, 0.5) is 0 Å². The number of pyridine rings is 2. The Kier molecular flexibility index (Phi) is 7.47. The third-order valence-corrected chi connectivity index (χ3v) is 10.8. The average Bonchev–Trinajstić information content (AvgIpc) is 3.64. The molecule has 0 saturated heterocycles. The van der Waals surface area contributed by atoms with Crippen LogP contribution in [-0.2, 0) is 45.0 Å². The quantitative estimate of drug-likeness (QED) is 0.162. The summed E-state index contributed by atoms with van der Waals surface area (Å²) in [5.74, 6) is 2.55. The van der Waals surface area contributed by atoms with E-state index in [1.807, 2.05) is 24.4 Å². The minimum atomic E-state index is 0.399. The number of imidazole rings is 1. The fourth-order valence-electron chi connectivity index (χ4n) is 7.11. The molecule has 6 heteroatoms. The van der Waals surface area contributed by atoms with Crippen LogP contribution < -0.4 is 4.74 Å². The second-order valence-electron chi connectivity index (χ2n) is 13.2. The number of hydrogen-bond donors (Lipinski definition) is 0. The van der Waals surface area contributed by atoms with Crippen molar-refractivity contribution in [1.29, 1.82) is 0 Å². The van der Waals surface area contributed by atoms with Crippen LogP contribution in [0, 0.1) is 15.9 Å². The molecule has 0 amide bonds. The van der Waals surface area contributed by atoms with E-state index in [0.717, 1.165) is 62.8 Å². The van der Waals surface area contributed by atoms with E-state index in [4.69, 9.17) is 9.72 Å². The first kappa shape index (κ1) is 30.1. The third-order valence-electron chi connectivity index (χ3n) is 9.77. The summed E-state index contributed by atoms with van der Waals surface area (Å²) in [7, 11) is 0. The second-order valence-corrected chi connectivity index (χ2v) is 14.2. The van der Waals surface area contributed by atoms with Crippen molar-refractivity contribution in [3.63, 3.8) is 0 Å². The number of aryl methyl sites for hydroxylation is 4. The van der Waals surface area contributed by atoms with E-state index < -0.39 is 0 Å². The van der Waals surface area contributed by atoms with Gasteiger partial charge in [0.1, 0.15) is 0 Å². The first-order chi connectivity index (χ1) is 24.0. The zero-order valence-electron chi connectivity index (χ0n) is 27.4. The summed E-state index contributed by atoms with van der Waals surface area (Å²) >= 11 is 2.46. The van der Waals surface area contributed by atoms with Crippen molar-refractivity contribution < 1.29 is 24.1 Å². The topological polar surface area (TPSA) is 36.4 Å². The van der Waals surface area contributed by atoms with Crippen LogP contribution in [0.25, 0.3) is 38.8 Å². The van der Waals surface area contributed by atoms with Crippen LogP contribution in [0.2, 0.25) is 0 Å². The molecule has 0 saturated carbocycles. The van der Waals surface area contributed by atoms with Gasteiger partial charge in [-0.05, 0) is 17.5 Å². The number of para-hydroxylation sites is 1. The van der Waals surface area contributed by atoms with Crippen molar-refractivity contribution in [1.82, 2.24) is 18.5 Å². The predicted octanol–water partition coefficient (Wildman–Crippen LogP) is 9.70. The van der Waals surface area contributed by atoms with Crippen molar-refractivity contribution >= 4 is 27.3 Å². The van der Waals surface area contributed by atoms with Crippen molar-refractivity contribution in [2.75, 3.05) is 0 Å². The SMILES string of the molecule is CC(C)c1ccnc(-n2c3[c-]c(Oc4[c-]c(-n5cc6c7ccc(n6[c]5=[Pt])CCc5ccc(cc5)CC7)ccc4)ccc3c3ccccc32)c1. The maximum absolute atomic E-state index is 6.52. The molecule has 0 fully saturated rings. The third kappa shape index (κ3) is 5.37. The number of rotatable bonds is 5. The Hall–Kier alpha value is -4.99. The molecule has 4 aromatic heterocycles. The Bertz CT molecular complexity index is 2590. The monoisotopic (exact) mass is 817 g/mol. The van der Waals surface area contributed by atoms with Gasteiger partial charge in [0.2, 0.25) is 0 Å². The van der Waals surface area contributed by atoms with Gasteiger partial charge in [-0.1, -0.05) is 26.0 Å². The van der Waals surface area contributed by atoms with Gasteiger partial charge in [-0.15, -0.1) is 0 Å². The zero-order valence-corrected chi connectivity index (χ0v) is 29.7. The number of aromatic nitrogens is 4. The molecule has 12 rings (SSSR count). The molecule has 49 heavy (non-hydrogen) atoms.